The second-order valence-electron chi connectivity index (χ2n) is 7.15. The molecule has 5 nitrogen and oxygen atoms in total. The van der Waals surface area contributed by atoms with Gasteiger partial charge in [0.2, 0.25) is 5.91 Å². The Morgan fingerprint density at radius 2 is 2.25 bits per heavy atom. The van der Waals surface area contributed by atoms with Crippen LogP contribution in [0.25, 0.3) is 0 Å². The number of likely N-dealkylation sites (tertiary alicyclic amines) is 1. The zero-order valence-electron chi connectivity index (χ0n) is 13.6. The van der Waals surface area contributed by atoms with Crippen molar-refractivity contribution in [3.63, 3.8) is 0 Å². The highest BCUT2D eigenvalue weighted by Crippen LogP contribution is 2.48. The van der Waals surface area contributed by atoms with E-state index in [1.165, 1.54) is 10.4 Å². The van der Waals surface area contributed by atoms with Crippen molar-refractivity contribution in [3.05, 3.63) is 21.9 Å². The first-order valence-electron chi connectivity index (χ1n) is 8.37. The third-order valence-electron chi connectivity index (χ3n) is 5.89. The second kappa shape index (κ2) is 6.65. The van der Waals surface area contributed by atoms with Crippen molar-refractivity contribution in [1.29, 1.82) is 0 Å². The quantitative estimate of drug-likeness (QED) is 0.886. The zero-order valence-corrected chi connectivity index (χ0v) is 15.2. The lowest BCUT2D eigenvalue weighted by Crippen LogP contribution is -2.43. The maximum absolute atomic E-state index is 12.6. The fraction of sp³-hybridized carbons (Fsp3) is 0.647. The third kappa shape index (κ3) is 2.85. The summed E-state index contributed by atoms with van der Waals surface area (Å²) in [6.07, 6.45) is 3.70. The molecule has 2 fully saturated rings. The summed E-state index contributed by atoms with van der Waals surface area (Å²) < 4.78 is 0. The summed E-state index contributed by atoms with van der Waals surface area (Å²) in [7, 11) is 0. The molecule has 2 aliphatic heterocycles. The van der Waals surface area contributed by atoms with Crippen LogP contribution in [-0.4, -0.2) is 53.0 Å². The molecule has 1 aromatic heterocycles. The maximum Gasteiger partial charge on any atom is 0.311 e. The Bertz CT molecular complexity index is 650. The molecule has 132 valence electrons. The van der Waals surface area contributed by atoms with Crippen molar-refractivity contribution in [3.8, 4) is 0 Å². The molecule has 1 aromatic rings. The molecule has 24 heavy (non-hydrogen) atoms. The molecule has 4 rings (SSSR count). The molecule has 2 atom stereocenters. The van der Waals surface area contributed by atoms with Crippen LogP contribution in [0.2, 0.25) is 0 Å². The maximum atomic E-state index is 12.6. The zero-order chi connectivity index (χ0) is 16.0. The van der Waals surface area contributed by atoms with Crippen LogP contribution >= 0.6 is 23.7 Å². The van der Waals surface area contributed by atoms with Gasteiger partial charge in [-0.2, -0.15) is 0 Å². The Hall–Kier alpha value is -1.11. The van der Waals surface area contributed by atoms with Gasteiger partial charge in [-0.05, 0) is 42.2 Å². The summed E-state index contributed by atoms with van der Waals surface area (Å²) in [5.74, 6) is -0.309. The molecule has 1 saturated carbocycles. The van der Waals surface area contributed by atoms with E-state index in [-0.39, 0.29) is 24.2 Å². The van der Waals surface area contributed by atoms with Gasteiger partial charge in [0.1, 0.15) is 0 Å². The Morgan fingerprint density at radius 1 is 1.42 bits per heavy atom. The van der Waals surface area contributed by atoms with E-state index in [1.54, 1.807) is 11.3 Å². The molecule has 1 saturated heterocycles. The van der Waals surface area contributed by atoms with E-state index in [0.717, 1.165) is 38.8 Å². The number of carbonyl (C=O) groups excluding carboxylic acids is 1. The molecule has 3 heterocycles. The van der Waals surface area contributed by atoms with E-state index in [0.29, 0.717) is 19.6 Å². The van der Waals surface area contributed by atoms with Gasteiger partial charge >= 0.3 is 5.97 Å². The van der Waals surface area contributed by atoms with Crippen molar-refractivity contribution < 1.29 is 14.7 Å². The molecule has 0 spiro atoms. The number of halogens is 1. The van der Waals surface area contributed by atoms with Crippen LogP contribution < -0.4 is 0 Å². The first-order valence-corrected chi connectivity index (χ1v) is 9.25. The van der Waals surface area contributed by atoms with Gasteiger partial charge in [-0.3, -0.25) is 14.5 Å². The van der Waals surface area contributed by atoms with E-state index < -0.39 is 11.4 Å². The first kappa shape index (κ1) is 17.7. The lowest BCUT2D eigenvalue weighted by atomic mass is 9.81. The minimum absolute atomic E-state index is 0. The summed E-state index contributed by atoms with van der Waals surface area (Å²) in [6, 6.07) is 2.11. The van der Waals surface area contributed by atoms with E-state index in [2.05, 4.69) is 16.3 Å². The molecule has 3 aliphatic rings. The number of fused-ring (bicyclic) bond motifs is 2. The predicted molar refractivity (Wildman–Crippen MR) is 94.5 cm³/mol. The van der Waals surface area contributed by atoms with Crippen LogP contribution in [0, 0.1) is 11.3 Å². The van der Waals surface area contributed by atoms with Gasteiger partial charge in [-0.1, -0.05) is 6.42 Å². The normalized spacial score (nSPS) is 29.0. The van der Waals surface area contributed by atoms with Gasteiger partial charge in [-0.15, -0.1) is 23.7 Å². The van der Waals surface area contributed by atoms with E-state index in [9.17, 15) is 14.7 Å². The minimum atomic E-state index is -0.671. The van der Waals surface area contributed by atoms with Crippen molar-refractivity contribution in [1.82, 2.24) is 9.80 Å². The Morgan fingerprint density at radius 3 is 3.00 bits per heavy atom. The number of amides is 1. The summed E-state index contributed by atoms with van der Waals surface area (Å²) in [5.41, 5.74) is 0.679. The van der Waals surface area contributed by atoms with Crippen molar-refractivity contribution >= 4 is 35.6 Å². The fourth-order valence-corrected chi connectivity index (χ4v) is 5.51. The lowest BCUT2D eigenvalue weighted by Gasteiger charge is -2.29. The second-order valence-corrected chi connectivity index (χ2v) is 8.16. The number of rotatable bonds is 3. The molecule has 0 radical (unpaired) electrons. The van der Waals surface area contributed by atoms with Crippen molar-refractivity contribution in [2.24, 2.45) is 11.3 Å². The molecular formula is C17H23ClN2O3S. The SMILES string of the molecule is Cl.O=C(CN1C[C@@H]2CCC[C@@]2(C(=O)O)C1)N1CCc2sccc2C1. The van der Waals surface area contributed by atoms with Crippen LogP contribution in [0.1, 0.15) is 29.7 Å². The summed E-state index contributed by atoms with van der Waals surface area (Å²) >= 11 is 1.77. The van der Waals surface area contributed by atoms with Gasteiger partial charge < -0.3 is 10.0 Å². The van der Waals surface area contributed by atoms with Crippen molar-refractivity contribution in [2.45, 2.75) is 32.2 Å². The molecule has 1 amide bonds. The number of nitrogens with zero attached hydrogens (tertiary/aromatic N) is 2. The highest BCUT2D eigenvalue weighted by molar-refractivity contribution is 7.10. The van der Waals surface area contributed by atoms with Gasteiger partial charge in [0.25, 0.3) is 0 Å². The molecular weight excluding hydrogens is 348 g/mol. The van der Waals surface area contributed by atoms with Crippen LogP contribution in [0.3, 0.4) is 0 Å². The van der Waals surface area contributed by atoms with Crippen LogP contribution in [-0.2, 0) is 22.6 Å². The molecule has 1 aliphatic carbocycles. The number of hydrogen-bond acceptors (Lipinski definition) is 4. The van der Waals surface area contributed by atoms with Gasteiger partial charge in [0, 0.05) is 31.1 Å². The number of thiophene rings is 1. The van der Waals surface area contributed by atoms with Crippen molar-refractivity contribution in [2.75, 3.05) is 26.2 Å². The van der Waals surface area contributed by atoms with Crippen LogP contribution in [0.5, 0.6) is 0 Å². The molecule has 0 bridgehead atoms. The smallest absolute Gasteiger partial charge is 0.311 e. The first-order chi connectivity index (χ1) is 11.1. The summed E-state index contributed by atoms with van der Waals surface area (Å²) in [6.45, 7) is 3.16. The fourth-order valence-electron chi connectivity index (χ4n) is 4.62. The van der Waals surface area contributed by atoms with E-state index >= 15 is 0 Å². The Balaban J connectivity index is 0.00000169. The molecule has 0 unspecified atom stereocenters. The lowest BCUT2D eigenvalue weighted by molar-refractivity contribution is -0.149. The average Bonchev–Trinajstić information content (AvgIpc) is 3.19. The van der Waals surface area contributed by atoms with Crippen LogP contribution in [0.4, 0.5) is 0 Å². The van der Waals surface area contributed by atoms with Gasteiger partial charge in [-0.25, -0.2) is 0 Å². The molecule has 7 heteroatoms. The Labute approximate surface area is 152 Å². The number of carboxylic acids is 1. The largest absolute Gasteiger partial charge is 0.481 e. The Kier molecular flexibility index (Phi) is 4.91. The minimum Gasteiger partial charge on any atom is -0.481 e. The molecule has 0 aromatic carbocycles. The standard InChI is InChI=1S/C17H22N2O3S.ClH/c20-15(19-6-3-14-12(8-19)4-7-23-14)10-18-9-13-2-1-5-17(13,11-18)16(21)22;/h4,7,13H,1-3,5-6,8-11H2,(H,21,22);1H/t13-,17+;/m0./s1. The van der Waals surface area contributed by atoms with E-state index in [1.807, 2.05) is 4.90 Å². The van der Waals surface area contributed by atoms with E-state index in [4.69, 9.17) is 0 Å². The number of hydrogen-bond donors (Lipinski definition) is 1. The topological polar surface area (TPSA) is 60.9 Å². The van der Waals surface area contributed by atoms with Crippen LogP contribution in [0.15, 0.2) is 11.4 Å². The summed E-state index contributed by atoms with van der Waals surface area (Å²) in [5, 5.41) is 11.7. The number of carbonyl (C=O) groups is 2. The third-order valence-corrected chi connectivity index (χ3v) is 6.91. The number of aliphatic carboxylic acids is 1. The number of carboxylic acid groups (broad SMARTS) is 1. The summed E-state index contributed by atoms with van der Waals surface area (Å²) in [4.78, 5) is 29.7. The monoisotopic (exact) mass is 370 g/mol. The highest BCUT2D eigenvalue weighted by Gasteiger charge is 2.54. The molecule has 1 N–H and O–H groups in total. The van der Waals surface area contributed by atoms with Gasteiger partial charge in [0.05, 0.1) is 12.0 Å². The predicted octanol–water partition coefficient (Wildman–Crippen LogP) is 2.24. The van der Waals surface area contributed by atoms with Gasteiger partial charge in [0.15, 0.2) is 0 Å². The average molecular weight is 371 g/mol. The highest BCUT2D eigenvalue weighted by atomic mass is 35.5.